The summed E-state index contributed by atoms with van der Waals surface area (Å²) in [6.07, 6.45) is 2.39. The SMILES string of the molecule is CCCCSc1nc(Cl)nc2ccccc12. The molecule has 84 valence electrons. The van der Waals surface area contributed by atoms with Crippen molar-refractivity contribution in [1.82, 2.24) is 9.97 Å². The third-order valence-electron chi connectivity index (χ3n) is 2.28. The van der Waals surface area contributed by atoms with Crippen LogP contribution in [0, 0.1) is 0 Å². The summed E-state index contributed by atoms with van der Waals surface area (Å²) in [4.78, 5) is 8.50. The van der Waals surface area contributed by atoms with Gasteiger partial charge in [-0.1, -0.05) is 31.5 Å². The van der Waals surface area contributed by atoms with Gasteiger partial charge in [0.2, 0.25) is 5.28 Å². The second-order valence-corrected chi connectivity index (χ2v) is 4.94. The lowest BCUT2D eigenvalue weighted by Gasteiger charge is -2.04. The fraction of sp³-hybridized carbons (Fsp3) is 0.333. The van der Waals surface area contributed by atoms with Crippen LogP contribution in [0.1, 0.15) is 19.8 Å². The number of rotatable bonds is 4. The first-order valence-corrected chi connectivity index (χ1v) is 6.72. The molecule has 0 bridgehead atoms. The Morgan fingerprint density at radius 2 is 2.06 bits per heavy atom. The van der Waals surface area contributed by atoms with E-state index in [1.807, 2.05) is 24.3 Å². The van der Waals surface area contributed by atoms with Crippen LogP contribution >= 0.6 is 23.4 Å². The lowest BCUT2D eigenvalue weighted by atomic mass is 10.2. The number of halogens is 1. The molecule has 4 heteroatoms. The van der Waals surface area contributed by atoms with Crippen molar-refractivity contribution in [1.29, 1.82) is 0 Å². The Bertz CT molecular complexity index is 487. The number of benzene rings is 1. The molecule has 0 unspecified atom stereocenters. The standard InChI is InChI=1S/C12H13ClN2S/c1-2-3-8-16-11-9-6-4-5-7-10(9)14-12(13)15-11/h4-7H,2-3,8H2,1H3. The molecule has 0 fully saturated rings. The number of para-hydroxylation sites is 1. The molecule has 2 rings (SSSR count). The Balaban J connectivity index is 2.34. The van der Waals surface area contributed by atoms with Gasteiger partial charge in [-0.15, -0.1) is 11.8 Å². The predicted octanol–water partition coefficient (Wildman–Crippen LogP) is 4.18. The molecule has 2 aromatic rings. The van der Waals surface area contributed by atoms with Gasteiger partial charge in [0.25, 0.3) is 0 Å². The zero-order valence-electron chi connectivity index (χ0n) is 9.11. The molecular weight excluding hydrogens is 240 g/mol. The number of aromatic nitrogens is 2. The minimum atomic E-state index is 0.331. The van der Waals surface area contributed by atoms with E-state index in [-0.39, 0.29) is 0 Å². The van der Waals surface area contributed by atoms with Gasteiger partial charge < -0.3 is 0 Å². The van der Waals surface area contributed by atoms with Gasteiger partial charge in [0.1, 0.15) is 5.03 Å². The first kappa shape index (κ1) is 11.7. The van der Waals surface area contributed by atoms with Crippen molar-refractivity contribution in [2.45, 2.75) is 24.8 Å². The van der Waals surface area contributed by atoms with Crippen LogP contribution < -0.4 is 0 Å². The first-order chi connectivity index (χ1) is 7.81. The zero-order chi connectivity index (χ0) is 11.4. The Hall–Kier alpha value is -0.800. The van der Waals surface area contributed by atoms with Crippen LogP contribution in [-0.2, 0) is 0 Å². The molecule has 1 aromatic heterocycles. The van der Waals surface area contributed by atoms with Gasteiger partial charge >= 0.3 is 0 Å². The number of fused-ring (bicyclic) bond motifs is 1. The smallest absolute Gasteiger partial charge is 0.218 e. The molecule has 0 spiro atoms. The second kappa shape index (κ2) is 5.51. The monoisotopic (exact) mass is 252 g/mol. The van der Waals surface area contributed by atoms with Gasteiger partial charge in [0, 0.05) is 5.39 Å². The second-order valence-electron chi connectivity index (χ2n) is 3.52. The first-order valence-electron chi connectivity index (χ1n) is 5.36. The molecule has 0 saturated heterocycles. The van der Waals surface area contributed by atoms with Gasteiger partial charge in [-0.05, 0) is 29.8 Å². The summed E-state index contributed by atoms with van der Waals surface area (Å²) in [5.74, 6) is 1.08. The molecule has 16 heavy (non-hydrogen) atoms. The summed E-state index contributed by atoms with van der Waals surface area (Å²) < 4.78 is 0. The number of unbranched alkanes of at least 4 members (excludes halogenated alkanes) is 1. The van der Waals surface area contributed by atoms with Crippen molar-refractivity contribution in [2.24, 2.45) is 0 Å². The van der Waals surface area contributed by atoms with Crippen molar-refractivity contribution in [2.75, 3.05) is 5.75 Å². The number of hydrogen-bond acceptors (Lipinski definition) is 3. The van der Waals surface area contributed by atoms with E-state index in [1.165, 1.54) is 12.8 Å². The molecule has 2 nitrogen and oxygen atoms in total. The molecule has 0 aliphatic heterocycles. The van der Waals surface area contributed by atoms with Crippen LogP contribution in [0.4, 0.5) is 0 Å². The maximum absolute atomic E-state index is 5.90. The summed E-state index contributed by atoms with van der Waals surface area (Å²) in [5.41, 5.74) is 0.918. The van der Waals surface area contributed by atoms with Crippen molar-refractivity contribution in [3.8, 4) is 0 Å². The average molecular weight is 253 g/mol. The van der Waals surface area contributed by atoms with Gasteiger partial charge in [0.05, 0.1) is 5.52 Å². The summed E-state index contributed by atoms with van der Waals surface area (Å²) >= 11 is 7.65. The van der Waals surface area contributed by atoms with Crippen LogP contribution in [0.25, 0.3) is 10.9 Å². The molecule has 0 N–H and O–H groups in total. The van der Waals surface area contributed by atoms with Crippen molar-refractivity contribution >= 4 is 34.3 Å². The minimum Gasteiger partial charge on any atom is -0.218 e. The van der Waals surface area contributed by atoms with E-state index in [1.54, 1.807) is 11.8 Å². The molecule has 0 amide bonds. The normalized spacial score (nSPS) is 10.9. The Kier molecular flexibility index (Phi) is 4.02. The van der Waals surface area contributed by atoms with E-state index in [0.717, 1.165) is 21.7 Å². The average Bonchev–Trinajstić information content (AvgIpc) is 2.29. The van der Waals surface area contributed by atoms with Crippen molar-refractivity contribution in [3.05, 3.63) is 29.5 Å². The fourth-order valence-electron chi connectivity index (χ4n) is 1.44. The van der Waals surface area contributed by atoms with Gasteiger partial charge in [-0.25, -0.2) is 9.97 Å². The molecule has 0 aliphatic rings. The maximum atomic E-state index is 5.90. The van der Waals surface area contributed by atoms with E-state index >= 15 is 0 Å². The number of hydrogen-bond donors (Lipinski definition) is 0. The molecule has 0 radical (unpaired) electrons. The molecule has 0 saturated carbocycles. The zero-order valence-corrected chi connectivity index (χ0v) is 10.7. The van der Waals surface area contributed by atoms with E-state index in [9.17, 15) is 0 Å². The van der Waals surface area contributed by atoms with Gasteiger partial charge in [-0.2, -0.15) is 0 Å². The maximum Gasteiger partial charge on any atom is 0.224 e. The van der Waals surface area contributed by atoms with Crippen LogP contribution in [0.5, 0.6) is 0 Å². The van der Waals surface area contributed by atoms with Crippen LogP contribution in [0.15, 0.2) is 29.3 Å². The summed E-state index contributed by atoms with van der Waals surface area (Å²) in [5, 5.41) is 2.41. The van der Waals surface area contributed by atoms with Crippen LogP contribution in [0.3, 0.4) is 0 Å². The van der Waals surface area contributed by atoms with E-state index in [2.05, 4.69) is 16.9 Å². The van der Waals surface area contributed by atoms with Gasteiger partial charge in [-0.3, -0.25) is 0 Å². The van der Waals surface area contributed by atoms with Gasteiger partial charge in [0.15, 0.2) is 0 Å². The fourth-order valence-corrected chi connectivity index (χ4v) is 2.77. The van der Waals surface area contributed by atoms with E-state index < -0.39 is 0 Å². The van der Waals surface area contributed by atoms with E-state index in [4.69, 9.17) is 11.6 Å². The molecule has 1 aromatic carbocycles. The lowest BCUT2D eigenvalue weighted by molar-refractivity contribution is 0.895. The highest BCUT2D eigenvalue weighted by Gasteiger charge is 2.05. The van der Waals surface area contributed by atoms with Crippen LogP contribution in [-0.4, -0.2) is 15.7 Å². The highest BCUT2D eigenvalue weighted by molar-refractivity contribution is 7.99. The minimum absolute atomic E-state index is 0.331. The molecule has 0 atom stereocenters. The Morgan fingerprint density at radius 1 is 1.25 bits per heavy atom. The number of nitrogens with zero attached hydrogens (tertiary/aromatic N) is 2. The Morgan fingerprint density at radius 3 is 2.88 bits per heavy atom. The third-order valence-corrected chi connectivity index (χ3v) is 3.52. The Labute approximate surface area is 104 Å². The van der Waals surface area contributed by atoms with E-state index in [0.29, 0.717) is 5.28 Å². The molecular formula is C12H13ClN2S. The third kappa shape index (κ3) is 2.66. The topological polar surface area (TPSA) is 25.8 Å². The number of thioether (sulfide) groups is 1. The highest BCUT2D eigenvalue weighted by Crippen LogP contribution is 2.26. The molecule has 1 heterocycles. The van der Waals surface area contributed by atoms with Crippen molar-refractivity contribution < 1.29 is 0 Å². The van der Waals surface area contributed by atoms with Crippen LogP contribution in [0.2, 0.25) is 5.28 Å². The van der Waals surface area contributed by atoms with Crippen molar-refractivity contribution in [3.63, 3.8) is 0 Å². The molecule has 0 aliphatic carbocycles. The highest BCUT2D eigenvalue weighted by atomic mass is 35.5. The summed E-state index contributed by atoms with van der Waals surface area (Å²) in [7, 11) is 0. The summed E-state index contributed by atoms with van der Waals surface area (Å²) in [6, 6.07) is 7.97. The predicted molar refractivity (Wildman–Crippen MR) is 70.2 cm³/mol. The lowest BCUT2D eigenvalue weighted by Crippen LogP contribution is -1.90. The quantitative estimate of drug-likeness (QED) is 0.353. The summed E-state index contributed by atoms with van der Waals surface area (Å²) in [6.45, 7) is 2.19. The largest absolute Gasteiger partial charge is 0.224 e.